The number of hydrogen-bond donors (Lipinski definition) is 0. The lowest BCUT2D eigenvalue weighted by Gasteiger charge is -2.28. The maximum Gasteiger partial charge on any atom is 0.0907 e. The van der Waals surface area contributed by atoms with E-state index in [1.54, 1.807) is 0 Å². The van der Waals surface area contributed by atoms with Crippen molar-refractivity contribution < 1.29 is 0 Å². The summed E-state index contributed by atoms with van der Waals surface area (Å²) in [4.78, 5) is 2.44. The van der Waals surface area contributed by atoms with Crippen LogP contribution in [0.4, 0.5) is 17.1 Å². The van der Waals surface area contributed by atoms with Crippen molar-refractivity contribution in [2.45, 2.75) is 47.4 Å². The van der Waals surface area contributed by atoms with E-state index < -0.39 is 0 Å². The average molecular weight is 623 g/mol. The number of hydrogen-bond acceptors (Lipinski definition) is 4. The third kappa shape index (κ3) is 4.14. The largest absolute Gasteiger partial charge is 0.306 e. The molecule has 0 N–H and O–H groups in total. The van der Waals surface area contributed by atoms with Gasteiger partial charge in [-0.25, -0.2) is 0 Å². The van der Waals surface area contributed by atoms with Crippen LogP contribution in [0.2, 0.25) is 0 Å². The molecule has 0 radical (unpaired) electrons. The van der Waals surface area contributed by atoms with Crippen LogP contribution in [0.5, 0.6) is 0 Å². The lowest BCUT2D eigenvalue weighted by molar-refractivity contribution is 0.667. The van der Waals surface area contributed by atoms with Crippen LogP contribution in [-0.2, 0) is 6.42 Å². The molecule has 1 nitrogen and oxygen atoms in total. The number of benzene rings is 1. The van der Waals surface area contributed by atoms with Gasteiger partial charge in [-0.2, -0.15) is 0 Å². The predicted octanol–water partition coefficient (Wildman–Crippen LogP) is 9.08. The van der Waals surface area contributed by atoms with Crippen molar-refractivity contribution in [3.63, 3.8) is 0 Å². The first-order valence-electron chi connectivity index (χ1n) is 8.81. The number of thiophene rings is 2. The quantitative estimate of drug-likeness (QED) is 0.156. The molecule has 0 fully saturated rings. The number of nitrogens with zero attached hydrogens (tertiary/aromatic N) is 1. The molecule has 3 aromatic rings. The summed E-state index contributed by atoms with van der Waals surface area (Å²) in [6.45, 7) is 2.27. The lowest BCUT2D eigenvalue weighted by Crippen LogP contribution is -2.12. The fraction of sp³-hybridized carbons (Fsp3) is 0.300. The van der Waals surface area contributed by atoms with Crippen LogP contribution in [0, 0.1) is 5.77 Å². The minimum atomic E-state index is 1.19. The molecule has 1 aliphatic heterocycles. The summed E-state index contributed by atoms with van der Waals surface area (Å²) in [6.07, 6.45) is 6.49. The Morgan fingerprint density at radius 1 is 0.846 bits per heavy atom. The molecule has 136 valence electrons. The summed E-state index contributed by atoms with van der Waals surface area (Å²) in [7, 11) is 0. The van der Waals surface area contributed by atoms with Crippen molar-refractivity contribution in [3.05, 3.63) is 47.7 Å². The second kappa shape index (κ2) is 8.71. The van der Waals surface area contributed by atoms with E-state index in [0.717, 1.165) is 0 Å². The average Bonchev–Trinajstić information content (AvgIpc) is 3.17. The molecule has 2 aromatic heterocycles. The second-order valence-electron chi connectivity index (χ2n) is 6.36. The van der Waals surface area contributed by atoms with Crippen molar-refractivity contribution in [2.75, 3.05) is 4.90 Å². The molecule has 4 rings (SSSR count). The fourth-order valence-corrected chi connectivity index (χ4v) is 9.41. The molecule has 0 bridgehead atoms. The Balaban J connectivity index is 1.62. The Kier molecular flexibility index (Phi) is 6.55. The molecule has 0 amide bonds. The monoisotopic (exact) mass is 623 g/mol. The van der Waals surface area contributed by atoms with Crippen LogP contribution < -0.4 is 4.90 Å². The summed E-state index contributed by atoms with van der Waals surface area (Å²) in [5, 5.41) is 0. The first kappa shape index (κ1) is 19.5. The summed E-state index contributed by atoms with van der Waals surface area (Å²) in [5.74, 6) is 0. The van der Waals surface area contributed by atoms with Crippen molar-refractivity contribution in [3.8, 4) is 0 Å². The van der Waals surface area contributed by atoms with Crippen molar-refractivity contribution in [1.82, 2.24) is 0 Å². The van der Waals surface area contributed by atoms with Gasteiger partial charge in [0.05, 0.1) is 25.6 Å². The zero-order valence-corrected chi connectivity index (χ0v) is 21.2. The van der Waals surface area contributed by atoms with E-state index in [1.165, 1.54) is 68.9 Å². The molecule has 0 aliphatic carbocycles. The Hall–Kier alpha value is 0.230. The topological polar surface area (TPSA) is 3.24 Å². The first-order chi connectivity index (χ1) is 12.7. The lowest BCUT2D eigenvalue weighted by atomic mass is 10.1. The van der Waals surface area contributed by atoms with E-state index in [0.29, 0.717) is 0 Å². The zero-order chi connectivity index (χ0) is 18.1. The highest BCUT2D eigenvalue weighted by atomic mass is 127. The van der Waals surface area contributed by atoms with Gasteiger partial charge < -0.3 is 4.90 Å². The highest BCUT2D eigenvalue weighted by molar-refractivity contribution is 14.1. The molecule has 0 saturated carbocycles. The van der Waals surface area contributed by atoms with Crippen LogP contribution in [0.15, 0.2) is 44.8 Å². The van der Waals surface area contributed by atoms with E-state index in [9.17, 15) is 0 Å². The number of halogens is 2. The van der Waals surface area contributed by atoms with Crippen LogP contribution in [0.1, 0.15) is 38.2 Å². The van der Waals surface area contributed by atoms with Crippen LogP contribution in [0.3, 0.4) is 0 Å². The van der Waals surface area contributed by atoms with Crippen LogP contribution in [0.25, 0.3) is 0 Å². The SMILES string of the molecule is CCCCCCc1ccc(N2c3cc(I)sc3Sc3sc(I)cc32)cc1. The van der Waals surface area contributed by atoms with Gasteiger partial charge in [-0.05, 0) is 87.9 Å². The van der Waals surface area contributed by atoms with E-state index in [2.05, 4.69) is 93.4 Å². The molecule has 1 aliphatic rings. The van der Waals surface area contributed by atoms with Gasteiger partial charge in [-0.1, -0.05) is 50.1 Å². The first-order valence-corrected chi connectivity index (χ1v) is 13.4. The number of anilines is 3. The molecule has 26 heavy (non-hydrogen) atoms. The Bertz CT molecular complexity index is 852. The van der Waals surface area contributed by atoms with Gasteiger partial charge in [0.15, 0.2) is 0 Å². The van der Waals surface area contributed by atoms with E-state index in [4.69, 9.17) is 0 Å². The summed E-state index contributed by atoms with van der Waals surface area (Å²) in [5.41, 5.74) is 5.40. The minimum absolute atomic E-state index is 1.19. The zero-order valence-electron chi connectivity index (χ0n) is 14.4. The molecular weight excluding hydrogens is 604 g/mol. The maximum absolute atomic E-state index is 2.44. The summed E-state index contributed by atoms with van der Waals surface area (Å²) in [6, 6.07) is 13.9. The van der Waals surface area contributed by atoms with Crippen molar-refractivity contribution in [1.29, 1.82) is 0 Å². The van der Waals surface area contributed by atoms with Gasteiger partial charge in [0.1, 0.15) is 0 Å². The van der Waals surface area contributed by atoms with Gasteiger partial charge in [-0.3, -0.25) is 0 Å². The standard InChI is InChI=1S/C20H19I2NS3/c1-2-3-4-5-6-13-7-9-14(10-8-13)23-15-11-17(21)24-19(15)26-20-16(23)12-18(22)25-20/h7-12H,2-6H2,1H3. The molecule has 3 heterocycles. The van der Waals surface area contributed by atoms with Gasteiger partial charge >= 0.3 is 0 Å². The highest BCUT2D eigenvalue weighted by Gasteiger charge is 2.28. The third-order valence-corrected chi connectivity index (χ3v) is 9.63. The van der Waals surface area contributed by atoms with Gasteiger partial charge in [-0.15, -0.1) is 22.7 Å². The third-order valence-electron chi connectivity index (χ3n) is 4.48. The van der Waals surface area contributed by atoms with Crippen molar-refractivity contribution >= 4 is 96.7 Å². The molecule has 0 atom stereocenters. The Labute approximate surface area is 194 Å². The van der Waals surface area contributed by atoms with Crippen LogP contribution >= 0.6 is 79.6 Å². The van der Waals surface area contributed by atoms with Gasteiger partial charge in [0, 0.05) is 5.69 Å². The molecule has 0 spiro atoms. The number of rotatable bonds is 6. The minimum Gasteiger partial charge on any atom is -0.306 e. The Morgan fingerprint density at radius 3 is 2.04 bits per heavy atom. The van der Waals surface area contributed by atoms with Crippen LogP contribution in [-0.4, -0.2) is 0 Å². The summed E-state index contributed by atoms with van der Waals surface area (Å²) >= 11 is 10.6. The van der Waals surface area contributed by atoms with E-state index >= 15 is 0 Å². The molecule has 1 aromatic carbocycles. The fourth-order valence-electron chi connectivity index (χ4n) is 3.19. The summed E-state index contributed by atoms with van der Waals surface area (Å²) < 4.78 is 5.51. The van der Waals surface area contributed by atoms with Gasteiger partial charge in [0.2, 0.25) is 0 Å². The predicted molar refractivity (Wildman–Crippen MR) is 134 cm³/mol. The molecule has 0 unspecified atom stereocenters. The molecule has 0 saturated heterocycles. The normalized spacial score (nSPS) is 13.0. The molecular formula is C20H19I2NS3. The number of fused-ring (bicyclic) bond motifs is 2. The van der Waals surface area contributed by atoms with E-state index in [1.807, 2.05) is 34.4 Å². The smallest absolute Gasteiger partial charge is 0.0907 e. The van der Waals surface area contributed by atoms with Crippen molar-refractivity contribution in [2.24, 2.45) is 0 Å². The van der Waals surface area contributed by atoms with Gasteiger partial charge in [0.25, 0.3) is 0 Å². The second-order valence-corrected chi connectivity index (χ2v) is 13.8. The highest BCUT2D eigenvalue weighted by Crippen LogP contribution is 2.57. The number of aryl methyl sites for hydroxylation is 1. The van der Waals surface area contributed by atoms with E-state index in [-0.39, 0.29) is 0 Å². The maximum atomic E-state index is 2.44. The molecule has 6 heteroatoms. The Morgan fingerprint density at radius 2 is 1.46 bits per heavy atom. The number of unbranched alkanes of at least 4 members (excludes halogenated alkanes) is 3.